The van der Waals surface area contributed by atoms with Crippen LogP contribution in [0.2, 0.25) is 0 Å². The monoisotopic (exact) mass is 501 g/mol. The molecule has 3 aliphatic heterocycles. The van der Waals surface area contributed by atoms with Crippen molar-refractivity contribution in [1.29, 1.82) is 0 Å². The minimum atomic E-state index is -0.261. The minimum Gasteiger partial charge on any atom is -0.342 e. The fourth-order valence-electron chi connectivity index (χ4n) is 7.58. The van der Waals surface area contributed by atoms with Gasteiger partial charge in [-0.3, -0.25) is 9.59 Å². The van der Waals surface area contributed by atoms with E-state index in [0.717, 1.165) is 63.9 Å². The van der Waals surface area contributed by atoms with E-state index in [4.69, 9.17) is 0 Å². The van der Waals surface area contributed by atoms with Gasteiger partial charge in [-0.15, -0.1) is 0 Å². The molecular formula is C31H55N3O2. The first kappa shape index (κ1) is 27.9. The number of carbonyl (C=O) groups is 2. The lowest BCUT2D eigenvalue weighted by Gasteiger charge is -2.47. The van der Waals surface area contributed by atoms with Gasteiger partial charge < -0.3 is 14.7 Å². The minimum absolute atomic E-state index is 0.253. The molecule has 5 heteroatoms. The highest BCUT2D eigenvalue weighted by Crippen LogP contribution is 2.47. The summed E-state index contributed by atoms with van der Waals surface area (Å²) in [4.78, 5) is 32.8. The summed E-state index contributed by atoms with van der Waals surface area (Å²) in [6.45, 7) is 20.4. The van der Waals surface area contributed by atoms with Crippen LogP contribution < -0.4 is 0 Å². The molecule has 206 valence electrons. The summed E-state index contributed by atoms with van der Waals surface area (Å²) in [5, 5.41) is 0. The molecule has 0 N–H and O–H groups in total. The van der Waals surface area contributed by atoms with Crippen molar-refractivity contribution in [3.8, 4) is 0 Å². The number of likely N-dealkylation sites (tertiary alicyclic amines) is 3. The molecule has 2 amide bonds. The van der Waals surface area contributed by atoms with Crippen LogP contribution in [0.3, 0.4) is 0 Å². The fourth-order valence-corrected chi connectivity index (χ4v) is 7.58. The van der Waals surface area contributed by atoms with Gasteiger partial charge in [0.25, 0.3) is 0 Å². The van der Waals surface area contributed by atoms with Crippen molar-refractivity contribution >= 4 is 11.8 Å². The van der Waals surface area contributed by atoms with Crippen LogP contribution in [0.1, 0.15) is 106 Å². The lowest BCUT2D eigenvalue weighted by Crippen LogP contribution is -2.49. The van der Waals surface area contributed by atoms with Gasteiger partial charge in [0, 0.05) is 44.1 Å². The number of rotatable bonds is 3. The first-order valence-electron chi connectivity index (χ1n) is 15.2. The lowest BCUT2D eigenvalue weighted by atomic mass is 9.65. The molecule has 3 heterocycles. The zero-order valence-corrected chi connectivity index (χ0v) is 24.4. The van der Waals surface area contributed by atoms with Gasteiger partial charge in [-0.1, -0.05) is 41.5 Å². The normalized spacial score (nSPS) is 25.9. The van der Waals surface area contributed by atoms with Crippen LogP contribution in [0.4, 0.5) is 0 Å². The average molecular weight is 502 g/mol. The zero-order valence-electron chi connectivity index (χ0n) is 24.4. The van der Waals surface area contributed by atoms with Crippen molar-refractivity contribution in [2.24, 2.45) is 34.0 Å². The molecule has 4 aliphatic rings. The van der Waals surface area contributed by atoms with Gasteiger partial charge in [0.1, 0.15) is 0 Å². The Morgan fingerprint density at radius 3 is 1.75 bits per heavy atom. The fraction of sp³-hybridized carbons (Fsp3) is 0.935. The van der Waals surface area contributed by atoms with Gasteiger partial charge in [0.05, 0.1) is 0 Å². The van der Waals surface area contributed by atoms with E-state index in [9.17, 15) is 9.59 Å². The maximum atomic E-state index is 13.2. The number of hydrogen-bond donors (Lipinski definition) is 0. The quantitative estimate of drug-likeness (QED) is 0.489. The molecule has 1 spiro atoms. The van der Waals surface area contributed by atoms with Crippen molar-refractivity contribution in [2.75, 3.05) is 45.8 Å². The van der Waals surface area contributed by atoms with Gasteiger partial charge in [0.2, 0.25) is 11.8 Å². The molecular weight excluding hydrogens is 446 g/mol. The van der Waals surface area contributed by atoms with E-state index in [1.54, 1.807) is 0 Å². The summed E-state index contributed by atoms with van der Waals surface area (Å²) in [5.41, 5.74) is 0.593. The van der Waals surface area contributed by atoms with Crippen molar-refractivity contribution in [1.82, 2.24) is 14.7 Å². The SMILES string of the molecule is CC(C)(C)C(=O)N1CCC2(CCC(CN3CCC(C(=O)N4CCC(C(C)(C)C)CC4)CC3)CC2)CC1. The van der Waals surface area contributed by atoms with E-state index in [-0.39, 0.29) is 11.3 Å². The smallest absolute Gasteiger partial charge is 0.227 e. The predicted molar refractivity (Wildman–Crippen MR) is 148 cm³/mol. The van der Waals surface area contributed by atoms with Gasteiger partial charge in [0.15, 0.2) is 0 Å². The zero-order chi connectivity index (χ0) is 26.1. The van der Waals surface area contributed by atoms with Crippen LogP contribution in [0, 0.1) is 34.0 Å². The van der Waals surface area contributed by atoms with E-state index in [1.165, 1.54) is 57.9 Å². The molecule has 4 rings (SSSR count). The van der Waals surface area contributed by atoms with Gasteiger partial charge in [-0.05, 0) is 100.0 Å². The van der Waals surface area contributed by atoms with Gasteiger partial charge >= 0.3 is 0 Å². The molecule has 1 saturated carbocycles. The van der Waals surface area contributed by atoms with Crippen LogP contribution in [0.25, 0.3) is 0 Å². The maximum absolute atomic E-state index is 13.2. The first-order valence-corrected chi connectivity index (χ1v) is 15.2. The third-order valence-corrected chi connectivity index (χ3v) is 10.4. The third kappa shape index (κ3) is 6.66. The van der Waals surface area contributed by atoms with Crippen LogP contribution in [-0.2, 0) is 9.59 Å². The van der Waals surface area contributed by atoms with Crippen molar-refractivity contribution < 1.29 is 9.59 Å². The standard InChI is InChI=1S/C31H55N3O2/c1-29(2,3)26-11-19-33(20-12-26)27(35)25-9-17-32(18-10-25)23-24-7-13-31(14-8-24)15-21-34(22-16-31)28(36)30(4,5)6/h24-26H,7-23H2,1-6H3. The second-order valence-corrected chi connectivity index (χ2v) is 15.0. The summed E-state index contributed by atoms with van der Waals surface area (Å²) < 4.78 is 0. The molecule has 36 heavy (non-hydrogen) atoms. The molecule has 0 aromatic rings. The van der Waals surface area contributed by atoms with Crippen molar-refractivity contribution in [3.05, 3.63) is 0 Å². The number of carbonyl (C=O) groups excluding carboxylic acids is 2. The lowest BCUT2D eigenvalue weighted by molar-refractivity contribution is -0.142. The summed E-state index contributed by atoms with van der Waals surface area (Å²) in [6.07, 6.45) is 12.2. The molecule has 0 aromatic heterocycles. The summed E-state index contributed by atoms with van der Waals surface area (Å²) in [6, 6.07) is 0. The van der Waals surface area contributed by atoms with Crippen molar-refractivity contribution in [3.63, 3.8) is 0 Å². The molecule has 0 aromatic carbocycles. The van der Waals surface area contributed by atoms with E-state index in [1.807, 2.05) is 20.8 Å². The molecule has 0 bridgehead atoms. The molecule has 3 saturated heterocycles. The number of hydrogen-bond acceptors (Lipinski definition) is 3. The summed E-state index contributed by atoms with van der Waals surface area (Å²) in [7, 11) is 0. The summed E-state index contributed by atoms with van der Waals surface area (Å²) in [5.74, 6) is 2.58. The van der Waals surface area contributed by atoms with E-state index >= 15 is 0 Å². The Hall–Kier alpha value is -1.10. The van der Waals surface area contributed by atoms with E-state index in [2.05, 4.69) is 35.5 Å². The Morgan fingerprint density at radius 2 is 1.25 bits per heavy atom. The second-order valence-electron chi connectivity index (χ2n) is 15.0. The Bertz CT molecular complexity index is 746. The number of piperidine rings is 3. The molecule has 0 atom stereocenters. The Balaban J connectivity index is 1.15. The summed E-state index contributed by atoms with van der Waals surface area (Å²) >= 11 is 0. The van der Waals surface area contributed by atoms with Gasteiger partial charge in [-0.25, -0.2) is 0 Å². The van der Waals surface area contributed by atoms with Crippen LogP contribution in [-0.4, -0.2) is 72.3 Å². The average Bonchev–Trinajstić information content (AvgIpc) is 2.85. The largest absolute Gasteiger partial charge is 0.342 e. The number of amides is 2. The number of nitrogens with zero attached hydrogens (tertiary/aromatic N) is 3. The highest BCUT2D eigenvalue weighted by Gasteiger charge is 2.41. The predicted octanol–water partition coefficient (Wildman–Crippen LogP) is 5.83. The highest BCUT2D eigenvalue weighted by molar-refractivity contribution is 5.81. The molecule has 0 radical (unpaired) electrons. The third-order valence-electron chi connectivity index (χ3n) is 10.4. The molecule has 0 unspecified atom stereocenters. The van der Waals surface area contributed by atoms with Gasteiger partial charge in [-0.2, -0.15) is 0 Å². The van der Waals surface area contributed by atoms with Crippen LogP contribution >= 0.6 is 0 Å². The van der Waals surface area contributed by atoms with E-state index in [0.29, 0.717) is 22.6 Å². The Labute approximate surface area is 221 Å². The second kappa shape index (κ2) is 10.9. The molecule has 1 aliphatic carbocycles. The van der Waals surface area contributed by atoms with Crippen LogP contribution in [0.5, 0.6) is 0 Å². The van der Waals surface area contributed by atoms with E-state index < -0.39 is 0 Å². The van der Waals surface area contributed by atoms with Crippen LogP contribution in [0.15, 0.2) is 0 Å². The Kier molecular flexibility index (Phi) is 8.49. The Morgan fingerprint density at radius 1 is 0.694 bits per heavy atom. The first-order chi connectivity index (χ1) is 16.9. The highest BCUT2D eigenvalue weighted by atomic mass is 16.2. The molecule has 4 fully saturated rings. The topological polar surface area (TPSA) is 43.9 Å². The van der Waals surface area contributed by atoms with Crippen molar-refractivity contribution in [2.45, 2.75) is 106 Å². The maximum Gasteiger partial charge on any atom is 0.227 e. The molecule has 5 nitrogen and oxygen atoms in total.